The lowest BCUT2D eigenvalue weighted by atomic mass is 9.77. The Morgan fingerprint density at radius 1 is 1.30 bits per heavy atom. The van der Waals surface area contributed by atoms with Gasteiger partial charge in [0.1, 0.15) is 12.4 Å². The highest BCUT2D eigenvalue weighted by Crippen LogP contribution is 2.42. The predicted octanol–water partition coefficient (Wildman–Crippen LogP) is 2.10. The highest BCUT2D eigenvalue weighted by Gasteiger charge is 2.45. The summed E-state index contributed by atoms with van der Waals surface area (Å²) in [4.78, 5) is 34.3. The zero-order valence-corrected chi connectivity index (χ0v) is 15.7. The SMILES string of the molecule is Cc1nc2c(c(=O)[nH]1)CCC21CCCN(C(=O)COCc2ccccc2)C1. The summed E-state index contributed by atoms with van der Waals surface area (Å²) in [6.45, 7) is 3.71. The van der Waals surface area contributed by atoms with Crippen molar-refractivity contribution in [2.45, 2.75) is 44.6 Å². The molecule has 2 heterocycles. The molecule has 1 aromatic heterocycles. The van der Waals surface area contributed by atoms with Crippen molar-refractivity contribution in [1.29, 1.82) is 0 Å². The zero-order valence-electron chi connectivity index (χ0n) is 15.7. The topological polar surface area (TPSA) is 75.3 Å². The van der Waals surface area contributed by atoms with Crippen LogP contribution in [-0.4, -0.2) is 40.5 Å². The largest absolute Gasteiger partial charge is 0.367 e. The Morgan fingerprint density at radius 3 is 2.93 bits per heavy atom. The third kappa shape index (κ3) is 3.54. The van der Waals surface area contributed by atoms with Gasteiger partial charge >= 0.3 is 0 Å². The minimum absolute atomic E-state index is 0.0139. The quantitative estimate of drug-likeness (QED) is 0.898. The van der Waals surface area contributed by atoms with Gasteiger partial charge in [0.25, 0.3) is 5.56 Å². The third-order valence-corrected chi connectivity index (χ3v) is 5.76. The summed E-state index contributed by atoms with van der Waals surface area (Å²) >= 11 is 0. The molecule has 1 aliphatic carbocycles. The number of piperidine rings is 1. The fraction of sp³-hybridized carbons (Fsp3) is 0.476. The Bertz CT molecular complexity index is 893. The van der Waals surface area contributed by atoms with Crippen molar-refractivity contribution in [2.24, 2.45) is 0 Å². The van der Waals surface area contributed by atoms with Crippen LogP contribution in [0.15, 0.2) is 35.1 Å². The van der Waals surface area contributed by atoms with E-state index in [-0.39, 0.29) is 23.5 Å². The standard InChI is InChI=1S/C21H25N3O3/c1-15-22-19-17(20(26)23-15)8-10-21(19)9-5-11-24(14-21)18(25)13-27-12-16-6-3-2-4-7-16/h2-4,6-7H,5,8-14H2,1H3,(H,22,23,26). The molecule has 4 rings (SSSR count). The van der Waals surface area contributed by atoms with Crippen LogP contribution in [0.2, 0.25) is 0 Å². The van der Waals surface area contributed by atoms with Crippen molar-refractivity contribution < 1.29 is 9.53 Å². The number of carbonyl (C=O) groups excluding carboxylic acids is 1. The lowest BCUT2D eigenvalue weighted by Crippen LogP contribution is -2.49. The Balaban J connectivity index is 1.43. The average Bonchev–Trinajstić information content (AvgIpc) is 3.00. The first-order valence-corrected chi connectivity index (χ1v) is 9.57. The molecule has 6 nitrogen and oxygen atoms in total. The van der Waals surface area contributed by atoms with Gasteiger partial charge in [-0.05, 0) is 38.2 Å². The molecule has 1 amide bonds. The summed E-state index contributed by atoms with van der Waals surface area (Å²) < 4.78 is 5.63. The molecule has 1 saturated heterocycles. The van der Waals surface area contributed by atoms with Gasteiger partial charge in [-0.2, -0.15) is 0 Å². The van der Waals surface area contributed by atoms with Crippen LogP contribution in [0.5, 0.6) is 0 Å². The van der Waals surface area contributed by atoms with E-state index < -0.39 is 0 Å². The van der Waals surface area contributed by atoms with E-state index in [1.165, 1.54) is 0 Å². The van der Waals surface area contributed by atoms with E-state index >= 15 is 0 Å². The van der Waals surface area contributed by atoms with E-state index in [1.807, 2.05) is 42.2 Å². The number of ether oxygens (including phenoxy) is 1. The number of amides is 1. The van der Waals surface area contributed by atoms with Gasteiger partial charge in [0.05, 0.1) is 12.3 Å². The molecule has 1 N–H and O–H groups in total. The van der Waals surface area contributed by atoms with Crippen LogP contribution in [0.25, 0.3) is 0 Å². The van der Waals surface area contributed by atoms with Crippen LogP contribution < -0.4 is 5.56 Å². The monoisotopic (exact) mass is 367 g/mol. The molecule has 1 aliphatic heterocycles. The summed E-state index contributed by atoms with van der Waals surface area (Å²) in [7, 11) is 0. The van der Waals surface area contributed by atoms with Gasteiger partial charge in [0, 0.05) is 24.1 Å². The first kappa shape index (κ1) is 17.9. The molecular formula is C21H25N3O3. The van der Waals surface area contributed by atoms with Crippen molar-refractivity contribution >= 4 is 5.91 Å². The second-order valence-corrected chi connectivity index (χ2v) is 7.66. The van der Waals surface area contributed by atoms with Gasteiger partial charge in [0.15, 0.2) is 0 Å². The van der Waals surface area contributed by atoms with Crippen molar-refractivity contribution in [3.8, 4) is 0 Å². The second-order valence-electron chi connectivity index (χ2n) is 7.66. The molecule has 0 radical (unpaired) electrons. The minimum atomic E-state index is -0.179. The zero-order chi connectivity index (χ0) is 18.9. The van der Waals surface area contributed by atoms with Crippen molar-refractivity contribution in [1.82, 2.24) is 14.9 Å². The average molecular weight is 367 g/mol. The van der Waals surface area contributed by atoms with E-state index in [1.54, 1.807) is 0 Å². The number of likely N-dealkylation sites (tertiary alicyclic amines) is 1. The Morgan fingerprint density at radius 2 is 2.11 bits per heavy atom. The number of aromatic nitrogens is 2. The van der Waals surface area contributed by atoms with Crippen LogP contribution >= 0.6 is 0 Å². The summed E-state index contributed by atoms with van der Waals surface area (Å²) in [5.41, 5.74) is 2.57. The molecule has 1 fully saturated rings. The van der Waals surface area contributed by atoms with Gasteiger partial charge in [-0.1, -0.05) is 30.3 Å². The molecule has 27 heavy (non-hydrogen) atoms. The number of carbonyl (C=O) groups is 1. The van der Waals surface area contributed by atoms with Gasteiger partial charge in [-0.3, -0.25) is 9.59 Å². The molecule has 1 aromatic carbocycles. The van der Waals surface area contributed by atoms with E-state index in [0.29, 0.717) is 19.0 Å². The first-order chi connectivity index (χ1) is 13.1. The Labute approximate surface area is 158 Å². The highest BCUT2D eigenvalue weighted by atomic mass is 16.5. The maximum Gasteiger partial charge on any atom is 0.254 e. The molecule has 0 bridgehead atoms. The number of fused-ring (bicyclic) bond motifs is 2. The van der Waals surface area contributed by atoms with Crippen molar-refractivity contribution in [2.75, 3.05) is 19.7 Å². The van der Waals surface area contributed by atoms with E-state index in [2.05, 4.69) is 9.97 Å². The number of benzene rings is 1. The Kier molecular flexibility index (Phi) is 4.83. The summed E-state index contributed by atoms with van der Waals surface area (Å²) in [5.74, 6) is 0.662. The molecule has 1 spiro atoms. The fourth-order valence-electron chi connectivity index (χ4n) is 4.43. The number of rotatable bonds is 4. The molecule has 2 aromatic rings. The van der Waals surface area contributed by atoms with Gasteiger partial charge in [0.2, 0.25) is 5.91 Å². The lowest BCUT2D eigenvalue weighted by molar-refractivity contribution is -0.138. The first-order valence-electron chi connectivity index (χ1n) is 9.57. The van der Waals surface area contributed by atoms with Gasteiger partial charge < -0.3 is 14.6 Å². The minimum Gasteiger partial charge on any atom is -0.367 e. The lowest BCUT2D eigenvalue weighted by Gasteiger charge is -2.40. The Hall–Kier alpha value is -2.47. The molecule has 0 saturated carbocycles. The van der Waals surface area contributed by atoms with Crippen LogP contribution in [0.3, 0.4) is 0 Å². The van der Waals surface area contributed by atoms with Crippen molar-refractivity contribution in [3.05, 3.63) is 63.3 Å². The van der Waals surface area contributed by atoms with E-state index in [4.69, 9.17) is 4.74 Å². The summed E-state index contributed by atoms with van der Waals surface area (Å²) in [6.07, 6.45) is 3.53. The molecule has 142 valence electrons. The number of H-pyrrole nitrogens is 1. The molecule has 1 atom stereocenters. The maximum atomic E-state index is 12.7. The maximum absolute atomic E-state index is 12.7. The van der Waals surface area contributed by atoms with Gasteiger partial charge in [-0.25, -0.2) is 4.98 Å². The number of aryl methyl sites for hydroxylation is 1. The number of nitrogens with zero attached hydrogens (tertiary/aromatic N) is 2. The second kappa shape index (κ2) is 7.27. The molecule has 6 heteroatoms. The summed E-state index contributed by atoms with van der Waals surface area (Å²) in [5, 5.41) is 0. The van der Waals surface area contributed by atoms with E-state index in [0.717, 1.165) is 49.0 Å². The molecule has 2 aliphatic rings. The van der Waals surface area contributed by atoms with Gasteiger partial charge in [-0.15, -0.1) is 0 Å². The number of nitrogens with one attached hydrogen (secondary N) is 1. The smallest absolute Gasteiger partial charge is 0.254 e. The number of hydrogen-bond donors (Lipinski definition) is 1. The van der Waals surface area contributed by atoms with Crippen molar-refractivity contribution in [3.63, 3.8) is 0 Å². The molecule has 1 unspecified atom stereocenters. The van der Waals surface area contributed by atoms with Crippen LogP contribution in [0.4, 0.5) is 0 Å². The van der Waals surface area contributed by atoms with E-state index in [9.17, 15) is 9.59 Å². The number of aromatic amines is 1. The predicted molar refractivity (Wildman–Crippen MR) is 102 cm³/mol. The highest BCUT2D eigenvalue weighted by molar-refractivity contribution is 5.77. The normalized spacial score (nSPS) is 21.4. The number of hydrogen-bond acceptors (Lipinski definition) is 4. The third-order valence-electron chi connectivity index (χ3n) is 5.76. The summed E-state index contributed by atoms with van der Waals surface area (Å²) in [6, 6.07) is 9.86. The van der Waals surface area contributed by atoms with Crippen LogP contribution in [0.1, 0.15) is 41.9 Å². The fourth-order valence-corrected chi connectivity index (χ4v) is 4.43. The molecular weight excluding hydrogens is 342 g/mol. The van der Waals surface area contributed by atoms with Crippen LogP contribution in [-0.2, 0) is 28.0 Å². The van der Waals surface area contributed by atoms with Crippen LogP contribution in [0, 0.1) is 6.92 Å².